The van der Waals surface area contributed by atoms with Gasteiger partial charge in [-0.25, -0.2) is 14.2 Å². The van der Waals surface area contributed by atoms with Crippen LogP contribution in [-0.2, 0) is 24.4 Å². The number of nitrogens with zero attached hydrogens (tertiary/aromatic N) is 6. The first-order valence-electron chi connectivity index (χ1n) is 13.2. The van der Waals surface area contributed by atoms with Crippen molar-refractivity contribution in [3.05, 3.63) is 70.8 Å². The van der Waals surface area contributed by atoms with E-state index in [1.54, 1.807) is 18.2 Å². The van der Waals surface area contributed by atoms with Gasteiger partial charge < -0.3 is 23.6 Å². The summed E-state index contributed by atoms with van der Waals surface area (Å²) in [5.41, 5.74) is 2.22. The zero-order valence-electron chi connectivity index (χ0n) is 21.6. The Balaban J connectivity index is 1.08. The molecule has 0 spiro atoms. The van der Waals surface area contributed by atoms with E-state index in [4.69, 9.17) is 19.2 Å². The molecule has 206 valence electrons. The van der Waals surface area contributed by atoms with Crippen LogP contribution in [0.25, 0.3) is 11.4 Å². The van der Waals surface area contributed by atoms with Gasteiger partial charge in [-0.2, -0.15) is 15.2 Å². The predicted octanol–water partition coefficient (Wildman–Crippen LogP) is 3.88. The Morgan fingerprint density at radius 1 is 1.18 bits per heavy atom. The number of aromatic carboxylic acids is 1. The van der Waals surface area contributed by atoms with Gasteiger partial charge >= 0.3 is 11.9 Å². The summed E-state index contributed by atoms with van der Waals surface area (Å²) in [6, 6.07) is 11.9. The summed E-state index contributed by atoms with van der Waals surface area (Å²) >= 11 is 0. The fourth-order valence-electron chi connectivity index (χ4n) is 5.10. The second-order valence-corrected chi connectivity index (χ2v) is 10.0. The second-order valence-electron chi connectivity index (χ2n) is 10.0. The summed E-state index contributed by atoms with van der Waals surface area (Å²) < 4.78 is 32.8. The van der Waals surface area contributed by atoms with E-state index in [0.717, 1.165) is 50.5 Å². The number of pyridine rings is 1. The number of fused-ring (bicyclic) bond motifs is 1. The van der Waals surface area contributed by atoms with Crippen LogP contribution in [0.2, 0.25) is 0 Å². The molecule has 0 unspecified atom stereocenters. The number of halogens is 1. The molecule has 3 aromatic heterocycles. The predicted molar refractivity (Wildman–Crippen MR) is 138 cm³/mol. The number of carbonyl (C=O) groups is 1. The van der Waals surface area contributed by atoms with Crippen LogP contribution in [0.5, 0.6) is 5.88 Å². The molecule has 1 atom stereocenters. The quantitative estimate of drug-likeness (QED) is 0.329. The Hall–Kier alpha value is -4.34. The molecular formula is C28H27FN6O5. The molecule has 40 heavy (non-hydrogen) atoms. The number of benzene rings is 1. The van der Waals surface area contributed by atoms with Gasteiger partial charge in [0.1, 0.15) is 18.2 Å². The summed E-state index contributed by atoms with van der Waals surface area (Å²) in [4.78, 5) is 27.0. The van der Waals surface area contributed by atoms with E-state index in [1.165, 1.54) is 6.07 Å². The van der Waals surface area contributed by atoms with Crippen LogP contribution in [0.3, 0.4) is 0 Å². The van der Waals surface area contributed by atoms with Crippen LogP contribution in [0.4, 0.5) is 4.39 Å². The van der Waals surface area contributed by atoms with E-state index in [-0.39, 0.29) is 35.8 Å². The molecule has 2 saturated heterocycles. The van der Waals surface area contributed by atoms with Gasteiger partial charge in [-0.15, -0.1) is 0 Å². The van der Waals surface area contributed by atoms with E-state index < -0.39 is 11.8 Å². The SMILES string of the molecule is N#Cc1ccc(COc2cccc(C3CCN(Cc4nc5oc(C(=O)O)nc5n4C[C@@H]4CCO4)CC3)n2)c(F)c1. The maximum Gasteiger partial charge on any atom is 0.392 e. The number of piperidine rings is 1. The molecule has 1 aromatic carbocycles. The fourth-order valence-corrected chi connectivity index (χ4v) is 5.10. The molecular weight excluding hydrogens is 519 g/mol. The van der Waals surface area contributed by atoms with Crippen molar-refractivity contribution in [1.29, 1.82) is 5.26 Å². The lowest BCUT2D eigenvalue weighted by molar-refractivity contribution is -0.0592. The van der Waals surface area contributed by atoms with Gasteiger partial charge in [0, 0.05) is 29.8 Å². The Kier molecular flexibility index (Phi) is 7.15. The average molecular weight is 547 g/mol. The highest BCUT2D eigenvalue weighted by Crippen LogP contribution is 2.30. The minimum atomic E-state index is -1.22. The second kappa shape index (κ2) is 11.0. The number of rotatable bonds is 9. The monoisotopic (exact) mass is 546 g/mol. The highest BCUT2D eigenvalue weighted by Gasteiger charge is 2.28. The van der Waals surface area contributed by atoms with Crippen molar-refractivity contribution in [3.8, 4) is 11.9 Å². The lowest BCUT2D eigenvalue weighted by Gasteiger charge is -2.32. The van der Waals surface area contributed by atoms with Crippen molar-refractivity contribution in [2.45, 2.75) is 51.0 Å². The zero-order valence-corrected chi connectivity index (χ0v) is 21.6. The molecule has 5 heterocycles. The summed E-state index contributed by atoms with van der Waals surface area (Å²) in [5, 5.41) is 18.2. The molecule has 11 nitrogen and oxygen atoms in total. The Labute approximate surface area is 228 Å². The summed E-state index contributed by atoms with van der Waals surface area (Å²) in [6.45, 7) is 3.54. The van der Waals surface area contributed by atoms with E-state index in [1.807, 2.05) is 22.8 Å². The third-order valence-electron chi connectivity index (χ3n) is 7.43. The van der Waals surface area contributed by atoms with Crippen molar-refractivity contribution in [2.24, 2.45) is 0 Å². The van der Waals surface area contributed by atoms with Crippen molar-refractivity contribution < 1.29 is 28.2 Å². The number of aromatic nitrogens is 4. The number of nitriles is 1. The van der Waals surface area contributed by atoms with E-state index in [9.17, 15) is 14.3 Å². The fraction of sp³-hybridized carbons (Fsp3) is 0.393. The lowest BCUT2D eigenvalue weighted by Crippen LogP contribution is -2.35. The minimum absolute atomic E-state index is 0.0245. The summed E-state index contributed by atoms with van der Waals surface area (Å²) in [5.74, 6) is -0.609. The Morgan fingerprint density at radius 2 is 2.00 bits per heavy atom. The number of carboxylic acid groups (broad SMARTS) is 1. The topological polar surface area (TPSA) is 140 Å². The Morgan fingerprint density at radius 3 is 2.70 bits per heavy atom. The molecule has 2 aliphatic heterocycles. The molecule has 12 heteroatoms. The number of hydrogen-bond acceptors (Lipinski definition) is 9. The van der Waals surface area contributed by atoms with Crippen LogP contribution in [0.1, 0.15) is 58.5 Å². The van der Waals surface area contributed by atoms with Crippen molar-refractivity contribution in [3.63, 3.8) is 0 Å². The third kappa shape index (κ3) is 5.38. The van der Waals surface area contributed by atoms with Gasteiger partial charge in [0.25, 0.3) is 5.71 Å². The van der Waals surface area contributed by atoms with Gasteiger partial charge in [-0.3, -0.25) is 4.90 Å². The summed E-state index contributed by atoms with van der Waals surface area (Å²) in [7, 11) is 0. The lowest BCUT2D eigenvalue weighted by atomic mass is 9.93. The molecule has 2 aliphatic rings. The zero-order chi connectivity index (χ0) is 27.6. The van der Waals surface area contributed by atoms with Crippen molar-refractivity contribution in [1.82, 2.24) is 24.4 Å². The molecule has 0 amide bonds. The number of ether oxygens (including phenoxy) is 2. The third-order valence-corrected chi connectivity index (χ3v) is 7.43. The number of imidazole rings is 1. The Bertz CT molecular complexity index is 1580. The van der Waals surface area contributed by atoms with Gasteiger partial charge in [-0.1, -0.05) is 12.1 Å². The number of likely N-dealkylation sites (tertiary alicyclic amines) is 1. The molecule has 1 N–H and O–H groups in total. The molecule has 4 aromatic rings. The van der Waals surface area contributed by atoms with E-state index in [2.05, 4.69) is 19.9 Å². The highest BCUT2D eigenvalue weighted by atomic mass is 19.1. The number of hydrogen-bond donors (Lipinski definition) is 1. The first kappa shape index (κ1) is 25.9. The van der Waals surface area contributed by atoms with Crippen LogP contribution >= 0.6 is 0 Å². The van der Waals surface area contributed by atoms with E-state index in [0.29, 0.717) is 30.2 Å². The van der Waals surface area contributed by atoms with Gasteiger partial charge in [0.05, 0.1) is 30.8 Å². The van der Waals surface area contributed by atoms with Crippen LogP contribution in [-0.4, -0.2) is 61.3 Å². The molecule has 0 radical (unpaired) electrons. The van der Waals surface area contributed by atoms with Crippen molar-refractivity contribution in [2.75, 3.05) is 19.7 Å². The summed E-state index contributed by atoms with van der Waals surface area (Å²) in [6.07, 6.45) is 2.78. The normalized spacial score (nSPS) is 17.9. The minimum Gasteiger partial charge on any atom is -0.474 e. The average Bonchev–Trinajstić information content (AvgIpc) is 3.49. The first-order valence-corrected chi connectivity index (χ1v) is 13.2. The van der Waals surface area contributed by atoms with Crippen LogP contribution in [0, 0.1) is 17.1 Å². The smallest absolute Gasteiger partial charge is 0.392 e. The van der Waals surface area contributed by atoms with Crippen LogP contribution in [0.15, 0.2) is 40.8 Å². The molecule has 6 rings (SSSR count). The maximum absolute atomic E-state index is 14.2. The maximum atomic E-state index is 14.2. The number of carboxylic acids is 1. The standard InChI is InChI=1S/C28H27FN6O5/c29-21-12-17(13-30)4-5-19(21)16-39-24-3-1-2-22(31-24)18-6-9-34(10-7-18)15-23-32-26-25(33-27(40-26)28(36)37)35(23)14-20-8-11-38-20/h1-5,12,18,20H,6-11,14-16H2,(H,36,37)/t20-/m0/s1. The first-order chi connectivity index (χ1) is 19.5. The molecule has 0 bridgehead atoms. The molecule has 2 fully saturated rings. The van der Waals surface area contributed by atoms with Gasteiger partial charge in [-0.05, 0) is 50.6 Å². The molecule has 0 aliphatic carbocycles. The van der Waals surface area contributed by atoms with Gasteiger partial charge in [0.15, 0.2) is 0 Å². The van der Waals surface area contributed by atoms with Crippen molar-refractivity contribution >= 4 is 17.3 Å². The van der Waals surface area contributed by atoms with Crippen LogP contribution < -0.4 is 4.74 Å². The molecule has 0 saturated carbocycles. The number of oxazole rings is 1. The highest BCUT2D eigenvalue weighted by molar-refractivity contribution is 5.85. The van der Waals surface area contributed by atoms with E-state index >= 15 is 0 Å². The van der Waals surface area contributed by atoms with Gasteiger partial charge in [0.2, 0.25) is 11.5 Å². The largest absolute Gasteiger partial charge is 0.474 e.